The first-order chi connectivity index (χ1) is 5.70. The highest BCUT2D eigenvalue weighted by Crippen LogP contribution is 2.30. The average Bonchev–Trinajstić information content (AvgIpc) is 2.40. The lowest BCUT2D eigenvalue weighted by molar-refractivity contribution is -0.120. The van der Waals surface area contributed by atoms with Gasteiger partial charge in [0.15, 0.2) is 0 Å². The summed E-state index contributed by atoms with van der Waals surface area (Å²) in [5, 5.41) is 3.12. The van der Waals surface area contributed by atoms with Gasteiger partial charge in [-0.15, -0.1) is 0 Å². The third-order valence-electron chi connectivity index (χ3n) is 3.18. The predicted octanol–water partition coefficient (Wildman–Crippen LogP) is 0.361. The summed E-state index contributed by atoms with van der Waals surface area (Å²) in [5.74, 6) is 0.250. The molecule has 1 N–H and O–H groups in total. The number of carbonyl (C=O) groups is 1. The van der Waals surface area contributed by atoms with Crippen molar-refractivity contribution in [2.75, 3.05) is 20.1 Å². The van der Waals surface area contributed by atoms with Crippen LogP contribution in [0.2, 0.25) is 0 Å². The van der Waals surface area contributed by atoms with Crippen LogP contribution < -0.4 is 5.32 Å². The molecular formula is C9H16N2O. The molecule has 3 nitrogen and oxygen atoms in total. The minimum atomic E-state index is 0.184. The van der Waals surface area contributed by atoms with E-state index in [2.05, 4.69) is 17.3 Å². The second kappa shape index (κ2) is 2.73. The van der Waals surface area contributed by atoms with Crippen molar-refractivity contribution in [2.45, 2.75) is 31.2 Å². The SMILES string of the molecule is CN1CCC2(CCC(=O)N2)CC1. The molecule has 0 aromatic rings. The lowest BCUT2D eigenvalue weighted by Crippen LogP contribution is -2.49. The second-order valence-electron chi connectivity index (χ2n) is 4.13. The third-order valence-corrected chi connectivity index (χ3v) is 3.18. The van der Waals surface area contributed by atoms with Crippen molar-refractivity contribution in [1.82, 2.24) is 10.2 Å². The fourth-order valence-corrected chi connectivity index (χ4v) is 2.20. The van der Waals surface area contributed by atoms with Crippen LogP contribution in [0, 0.1) is 0 Å². The Hall–Kier alpha value is -0.570. The van der Waals surface area contributed by atoms with Gasteiger partial charge in [0.1, 0.15) is 0 Å². The van der Waals surface area contributed by atoms with Crippen molar-refractivity contribution in [1.29, 1.82) is 0 Å². The molecule has 2 aliphatic rings. The third kappa shape index (κ3) is 1.33. The Morgan fingerprint density at radius 2 is 2.00 bits per heavy atom. The van der Waals surface area contributed by atoms with E-state index in [1.165, 1.54) is 0 Å². The van der Waals surface area contributed by atoms with E-state index in [-0.39, 0.29) is 11.4 Å². The molecular weight excluding hydrogens is 152 g/mol. The molecule has 0 saturated carbocycles. The minimum absolute atomic E-state index is 0.184. The highest BCUT2D eigenvalue weighted by molar-refractivity contribution is 5.79. The predicted molar refractivity (Wildman–Crippen MR) is 46.8 cm³/mol. The van der Waals surface area contributed by atoms with Crippen molar-refractivity contribution in [3.05, 3.63) is 0 Å². The number of nitrogens with zero attached hydrogens (tertiary/aromatic N) is 1. The molecule has 0 unspecified atom stereocenters. The zero-order valence-electron chi connectivity index (χ0n) is 7.60. The van der Waals surface area contributed by atoms with Crippen LogP contribution in [0.1, 0.15) is 25.7 Å². The topological polar surface area (TPSA) is 32.3 Å². The van der Waals surface area contributed by atoms with Crippen molar-refractivity contribution in [3.63, 3.8) is 0 Å². The van der Waals surface area contributed by atoms with Gasteiger partial charge in [-0.1, -0.05) is 0 Å². The Balaban J connectivity index is 1.99. The molecule has 0 aromatic heterocycles. The summed E-state index contributed by atoms with van der Waals surface area (Å²) in [5.41, 5.74) is 0.184. The summed E-state index contributed by atoms with van der Waals surface area (Å²) >= 11 is 0. The van der Waals surface area contributed by atoms with Crippen LogP contribution in [0.4, 0.5) is 0 Å². The van der Waals surface area contributed by atoms with E-state index in [9.17, 15) is 4.79 Å². The van der Waals surface area contributed by atoms with E-state index in [0.717, 1.165) is 38.8 Å². The zero-order valence-corrected chi connectivity index (χ0v) is 7.60. The maximum absolute atomic E-state index is 11.1. The van der Waals surface area contributed by atoms with Crippen LogP contribution in [0.25, 0.3) is 0 Å². The van der Waals surface area contributed by atoms with Crippen LogP contribution in [-0.2, 0) is 4.79 Å². The Morgan fingerprint density at radius 3 is 2.50 bits per heavy atom. The molecule has 2 aliphatic heterocycles. The Bertz CT molecular complexity index is 195. The monoisotopic (exact) mass is 168 g/mol. The molecule has 0 aliphatic carbocycles. The molecule has 2 fully saturated rings. The molecule has 2 heterocycles. The standard InChI is InChI=1S/C9H16N2O/c1-11-6-4-9(5-7-11)3-2-8(12)10-9/h2-7H2,1H3,(H,10,12). The number of rotatable bonds is 0. The van der Waals surface area contributed by atoms with Gasteiger partial charge in [-0.3, -0.25) is 4.79 Å². The summed E-state index contributed by atoms with van der Waals surface area (Å²) in [4.78, 5) is 13.4. The van der Waals surface area contributed by atoms with E-state index >= 15 is 0 Å². The molecule has 68 valence electrons. The first-order valence-corrected chi connectivity index (χ1v) is 4.70. The second-order valence-corrected chi connectivity index (χ2v) is 4.13. The van der Waals surface area contributed by atoms with E-state index in [0.29, 0.717) is 0 Å². The first-order valence-electron chi connectivity index (χ1n) is 4.70. The quantitative estimate of drug-likeness (QED) is 0.566. The highest BCUT2D eigenvalue weighted by Gasteiger charge is 2.39. The molecule has 0 bridgehead atoms. The summed E-state index contributed by atoms with van der Waals surface area (Å²) < 4.78 is 0. The molecule has 0 radical (unpaired) electrons. The number of hydrogen-bond acceptors (Lipinski definition) is 2. The Labute approximate surface area is 73.1 Å². The zero-order chi connectivity index (χ0) is 8.60. The molecule has 1 amide bonds. The van der Waals surface area contributed by atoms with Crippen molar-refractivity contribution in [2.24, 2.45) is 0 Å². The largest absolute Gasteiger partial charge is 0.351 e. The highest BCUT2D eigenvalue weighted by atomic mass is 16.2. The van der Waals surface area contributed by atoms with Crippen LogP contribution in [0.5, 0.6) is 0 Å². The lowest BCUT2D eigenvalue weighted by atomic mass is 9.86. The van der Waals surface area contributed by atoms with Gasteiger partial charge in [0.2, 0.25) is 5.91 Å². The van der Waals surface area contributed by atoms with Crippen LogP contribution in [0.15, 0.2) is 0 Å². The van der Waals surface area contributed by atoms with Crippen LogP contribution in [-0.4, -0.2) is 36.5 Å². The van der Waals surface area contributed by atoms with Gasteiger partial charge < -0.3 is 10.2 Å². The van der Waals surface area contributed by atoms with Gasteiger partial charge in [-0.2, -0.15) is 0 Å². The van der Waals surface area contributed by atoms with E-state index in [1.807, 2.05) is 0 Å². The molecule has 3 heteroatoms. The molecule has 0 atom stereocenters. The molecule has 12 heavy (non-hydrogen) atoms. The lowest BCUT2D eigenvalue weighted by Gasteiger charge is -2.37. The first kappa shape index (κ1) is 8.05. The van der Waals surface area contributed by atoms with Gasteiger partial charge in [0.25, 0.3) is 0 Å². The van der Waals surface area contributed by atoms with Gasteiger partial charge in [0, 0.05) is 25.0 Å². The molecule has 2 saturated heterocycles. The summed E-state index contributed by atoms with van der Waals surface area (Å²) in [7, 11) is 2.14. The number of piperidine rings is 1. The molecule has 1 spiro atoms. The van der Waals surface area contributed by atoms with Gasteiger partial charge in [-0.25, -0.2) is 0 Å². The molecule has 0 aromatic carbocycles. The van der Waals surface area contributed by atoms with Gasteiger partial charge in [-0.05, 0) is 26.3 Å². The van der Waals surface area contributed by atoms with Gasteiger partial charge >= 0.3 is 0 Å². The smallest absolute Gasteiger partial charge is 0.220 e. The van der Waals surface area contributed by atoms with Crippen LogP contribution in [0.3, 0.4) is 0 Å². The number of carbonyl (C=O) groups excluding carboxylic acids is 1. The number of amides is 1. The fourth-order valence-electron chi connectivity index (χ4n) is 2.20. The van der Waals surface area contributed by atoms with Crippen molar-refractivity contribution >= 4 is 5.91 Å². The minimum Gasteiger partial charge on any atom is -0.351 e. The van der Waals surface area contributed by atoms with Crippen molar-refractivity contribution < 1.29 is 4.79 Å². The van der Waals surface area contributed by atoms with Crippen LogP contribution >= 0.6 is 0 Å². The maximum atomic E-state index is 11.1. The number of nitrogens with one attached hydrogen (secondary N) is 1. The summed E-state index contributed by atoms with van der Waals surface area (Å²) in [6, 6.07) is 0. The van der Waals surface area contributed by atoms with E-state index < -0.39 is 0 Å². The van der Waals surface area contributed by atoms with Gasteiger partial charge in [0.05, 0.1) is 0 Å². The van der Waals surface area contributed by atoms with E-state index in [1.54, 1.807) is 0 Å². The Kier molecular flexibility index (Phi) is 1.83. The maximum Gasteiger partial charge on any atom is 0.220 e. The average molecular weight is 168 g/mol. The summed E-state index contributed by atoms with van der Waals surface area (Å²) in [6.45, 7) is 2.25. The number of likely N-dealkylation sites (tertiary alicyclic amines) is 1. The summed E-state index contributed by atoms with van der Waals surface area (Å²) in [6.07, 6.45) is 4.06. The van der Waals surface area contributed by atoms with E-state index in [4.69, 9.17) is 0 Å². The van der Waals surface area contributed by atoms with Crippen molar-refractivity contribution in [3.8, 4) is 0 Å². The number of hydrogen-bond donors (Lipinski definition) is 1. The molecule has 2 rings (SSSR count). The normalized spacial score (nSPS) is 29.2. The fraction of sp³-hybridized carbons (Fsp3) is 0.889. The Morgan fingerprint density at radius 1 is 1.33 bits per heavy atom.